The molecule has 9 heteroatoms. The number of alkyl halides is 2. The summed E-state index contributed by atoms with van der Waals surface area (Å²) in [5.74, 6) is -1.05. The fraction of sp³-hybridized carbons (Fsp3) is 0.500. The van der Waals surface area contributed by atoms with E-state index in [4.69, 9.17) is 0 Å². The number of aryl methyl sites for hydroxylation is 1. The fourth-order valence-corrected chi connectivity index (χ4v) is 5.74. The van der Waals surface area contributed by atoms with E-state index in [2.05, 4.69) is 15.3 Å². The van der Waals surface area contributed by atoms with E-state index < -0.39 is 28.1 Å². The molecule has 2 fully saturated rings. The van der Waals surface area contributed by atoms with Gasteiger partial charge in [-0.05, 0) is 62.6 Å². The van der Waals surface area contributed by atoms with E-state index in [0.29, 0.717) is 24.1 Å². The second kappa shape index (κ2) is 8.61. The smallest absolute Gasteiger partial charge is 0.233 e. The summed E-state index contributed by atoms with van der Waals surface area (Å²) in [4.78, 5) is 21.5. The first-order valence-electron chi connectivity index (χ1n) is 10.5. The van der Waals surface area contributed by atoms with E-state index in [1.165, 1.54) is 24.5 Å². The Morgan fingerprint density at radius 3 is 2.29 bits per heavy atom. The Hall–Kier alpha value is -2.42. The van der Waals surface area contributed by atoms with Gasteiger partial charge in [0.15, 0.2) is 15.7 Å². The number of rotatable bonds is 7. The largest absolute Gasteiger partial charge is 0.309 e. The number of carbonyl (C=O) groups excluding carboxylic acids is 1. The first-order chi connectivity index (χ1) is 14.7. The predicted molar refractivity (Wildman–Crippen MR) is 112 cm³/mol. The molecule has 31 heavy (non-hydrogen) atoms. The normalized spacial score (nSPS) is 24.7. The van der Waals surface area contributed by atoms with Crippen molar-refractivity contribution in [3.05, 3.63) is 47.9 Å². The van der Waals surface area contributed by atoms with Crippen molar-refractivity contribution < 1.29 is 22.0 Å². The van der Waals surface area contributed by atoms with Gasteiger partial charge in [0.2, 0.25) is 5.91 Å². The van der Waals surface area contributed by atoms with Gasteiger partial charge in [-0.25, -0.2) is 22.2 Å². The van der Waals surface area contributed by atoms with Crippen LogP contribution in [-0.4, -0.2) is 41.9 Å². The molecule has 1 heterocycles. The Kier molecular flexibility index (Phi) is 6.05. The monoisotopic (exact) mass is 449 g/mol. The molecule has 0 aliphatic heterocycles. The van der Waals surface area contributed by atoms with Gasteiger partial charge in [0, 0.05) is 0 Å². The maximum Gasteiger partial charge on any atom is 0.233 e. The van der Waals surface area contributed by atoms with Crippen molar-refractivity contribution in [1.29, 1.82) is 0 Å². The second-order valence-corrected chi connectivity index (χ2v) is 10.7. The Morgan fingerprint density at radius 1 is 1.10 bits per heavy atom. The number of anilines is 1. The Morgan fingerprint density at radius 2 is 1.74 bits per heavy atom. The summed E-state index contributed by atoms with van der Waals surface area (Å²) in [5.41, 5.74) is 1.31. The lowest BCUT2D eigenvalue weighted by molar-refractivity contribution is -0.118. The van der Waals surface area contributed by atoms with E-state index in [9.17, 15) is 22.0 Å². The molecule has 6 nitrogen and oxygen atoms in total. The van der Waals surface area contributed by atoms with Gasteiger partial charge in [-0.2, -0.15) is 0 Å². The number of halogens is 2. The number of hydrogen-bond acceptors (Lipinski definition) is 5. The lowest BCUT2D eigenvalue weighted by Crippen LogP contribution is -2.24. The van der Waals surface area contributed by atoms with Gasteiger partial charge >= 0.3 is 0 Å². The first-order valence-corrected chi connectivity index (χ1v) is 12.0. The number of carbonyl (C=O) groups is 1. The minimum atomic E-state index is -3.34. The van der Waals surface area contributed by atoms with Gasteiger partial charge in [-0.1, -0.05) is 12.1 Å². The maximum atomic E-state index is 13.7. The number of sulfone groups is 1. The van der Waals surface area contributed by atoms with Crippen LogP contribution >= 0.6 is 0 Å². The topological polar surface area (TPSA) is 89.0 Å². The molecule has 2 aliphatic carbocycles. The molecule has 0 spiro atoms. The molecule has 1 N–H and O–H groups in total. The summed E-state index contributed by atoms with van der Waals surface area (Å²) in [5, 5.41) is 2.40. The molecular weight excluding hydrogens is 424 g/mol. The highest BCUT2D eigenvalue weighted by Gasteiger charge is 2.38. The summed E-state index contributed by atoms with van der Waals surface area (Å²) < 4.78 is 52.3. The van der Waals surface area contributed by atoms with Crippen LogP contribution in [0.2, 0.25) is 0 Å². The third kappa shape index (κ3) is 4.92. The van der Waals surface area contributed by atoms with Crippen molar-refractivity contribution in [2.45, 2.75) is 67.4 Å². The van der Waals surface area contributed by atoms with Crippen LogP contribution in [0, 0.1) is 12.8 Å². The van der Waals surface area contributed by atoms with E-state index in [1.54, 1.807) is 19.1 Å². The average molecular weight is 450 g/mol. The molecule has 1 aromatic heterocycles. The highest BCUT2D eigenvalue weighted by atomic mass is 32.2. The number of amides is 1. The highest BCUT2D eigenvalue weighted by molar-refractivity contribution is 7.92. The lowest BCUT2D eigenvalue weighted by atomic mass is 9.87. The standard InChI is InChI=1S/C22H25F2N3O3S/c1-13-11-26-21(12-25-13)27-22(28)18(8-14-9-19(23)20(24)10-14)15-2-4-16(5-3-15)31(29,30)17-6-7-17/h2-5,11-12,14,17-20H,6-10H2,1H3,(H,26,27,28)/t14?,18?,19-,20+. The van der Waals surface area contributed by atoms with Gasteiger partial charge in [0.25, 0.3) is 0 Å². The highest BCUT2D eigenvalue weighted by Crippen LogP contribution is 2.39. The summed E-state index contributed by atoms with van der Waals surface area (Å²) in [6.45, 7) is 1.78. The zero-order valence-electron chi connectivity index (χ0n) is 17.2. The Bertz CT molecular complexity index is 1030. The lowest BCUT2D eigenvalue weighted by Gasteiger charge is -2.20. The van der Waals surface area contributed by atoms with Crippen molar-refractivity contribution in [1.82, 2.24) is 9.97 Å². The zero-order chi connectivity index (χ0) is 22.2. The summed E-state index contributed by atoms with van der Waals surface area (Å²) in [7, 11) is -3.34. The number of nitrogens with zero attached hydrogens (tertiary/aromatic N) is 2. The molecule has 0 radical (unpaired) electrons. The fourth-order valence-electron chi connectivity index (χ4n) is 4.08. The first kappa shape index (κ1) is 21.8. The molecule has 1 amide bonds. The molecule has 2 unspecified atom stereocenters. The van der Waals surface area contributed by atoms with Gasteiger partial charge in [-0.15, -0.1) is 0 Å². The minimum absolute atomic E-state index is 0.0728. The van der Waals surface area contributed by atoms with Gasteiger partial charge in [0.1, 0.15) is 12.3 Å². The maximum absolute atomic E-state index is 13.7. The quantitative estimate of drug-likeness (QED) is 0.692. The van der Waals surface area contributed by atoms with Gasteiger partial charge < -0.3 is 5.32 Å². The summed E-state index contributed by atoms with van der Waals surface area (Å²) in [6.07, 6.45) is 1.70. The molecule has 2 saturated carbocycles. The Labute approximate surface area is 180 Å². The average Bonchev–Trinajstić information content (AvgIpc) is 3.55. The number of aromatic nitrogens is 2. The van der Waals surface area contributed by atoms with Crippen LogP contribution in [0.1, 0.15) is 49.3 Å². The molecule has 0 saturated heterocycles. The predicted octanol–water partition coefficient (Wildman–Crippen LogP) is 3.92. The van der Waals surface area contributed by atoms with Crippen LogP contribution < -0.4 is 5.32 Å². The molecule has 4 atom stereocenters. The minimum Gasteiger partial charge on any atom is -0.309 e. The molecule has 4 rings (SSSR count). The number of hydrogen-bond donors (Lipinski definition) is 1. The van der Waals surface area contributed by atoms with Crippen LogP contribution in [0.4, 0.5) is 14.6 Å². The molecule has 166 valence electrons. The zero-order valence-corrected chi connectivity index (χ0v) is 18.0. The molecule has 2 aromatic rings. The molecule has 0 bridgehead atoms. The Balaban J connectivity index is 1.56. The van der Waals surface area contributed by atoms with Crippen molar-refractivity contribution >= 4 is 21.6 Å². The summed E-state index contributed by atoms with van der Waals surface area (Å²) >= 11 is 0. The van der Waals surface area contributed by atoms with Crippen molar-refractivity contribution in [2.75, 3.05) is 5.32 Å². The summed E-state index contributed by atoms with van der Waals surface area (Å²) in [6, 6.07) is 6.27. The van der Waals surface area contributed by atoms with Crippen LogP contribution in [0.25, 0.3) is 0 Å². The van der Waals surface area contributed by atoms with E-state index >= 15 is 0 Å². The molecular formula is C22H25F2N3O3S. The van der Waals surface area contributed by atoms with Gasteiger partial charge in [0.05, 0.1) is 34.2 Å². The third-order valence-corrected chi connectivity index (χ3v) is 8.28. The van der Waals surface area contributed by atoms with Gasteiger partial charge in [-0.3, -0.25) is 9.78 Å². The van der Waals surface area contributed by atoms with Crippen molar-refractivity contribution in [3.63, 3.8) is 0 Å². The number of nitrogens with one attached hydrogen (secondary N) is 1. The molecule has 2 aliphatic rings. The third-order valence-electron chi connectivity index (χ3n) is 6.00. The molecule has 1 aromatic carbocycles. The SMILES string of the molecule is Cc1cnc(NC(=O)C(CC2C[C@@H](F)[C@@H](F)C2)c2ccc(S(=O)(=O)C3CC3)cc2)cn1. The van der Waals surface area contributed by atoms with E-state index in [-0.39, 0.29) is 47.1 Å². The number of benzene rings is 1. The van der Waals surface area contributed by atoms with E-state index in [1.807, 2.05) is 0 Å². The van der Waals surface area contributed by atoms with Crippen LogP contribution in [-0.2, 0) is 14.6 Å². The van der Waals surface area contributed by atoms with Crippen LogP contribution in [0.5, 0.6) is 0 Å². The van der Waals surface area contributed by atoms with Crippen molar-refractivity contribution in [3.8, 4) is 0 Å². The van der Waals surface area contributed by atoms with E-state index in [0.717, 1.165) is 0 Å². The van der Waals surface area contributed by atoms with Crippen LogP contribution in [0.15, 0.2) is 41.6 Å². The van der Waals surface area contributed by atoms with Crippen molar-refractivity contribution in [2.24, 2.45) is 5.92 Å². The van der Waals surface area contributed by atoms with Crippen LogP contribution in [0.3, 0.4) is 0 Å². The second-order valence-electron chi connectivity index (χ2n) is 8.50.